The molecule has 0 spiro atoms. The quantitative estimate of drug-likeness (QED) is 0.853. The lowest BCUT2D eigenvalue weighted by Crippen LogP contribution is -2.47. The Kier molecular flexibility index (Phi) is 5.15. The maximum atomic E-state index is 14.1. The Hall–Kier alpha value is -1.93. The summed E-state index contributed by atoms with van der Waals surface area (Å²) >= 11 is 0. The lowest BCUT2D eigenvalue weighted by atomic mass is 10.0. The van der Waals surface area contributed by atoms with Crippen molar-refractivity contribution in [3.63, 3.8) is 0 Å². The van der Waals surface area contributed by atoms with Crippen molar-refractivity contribution in [1.82, 2.24) is 9.80 Å². The minimum absolute atomic E-state index is 0.224. The van der Waals surface area contributed by atoms with Crippen molar-refractivity contribution in [3.05, 3.63) is 35.1 Å². The molecule has 0 aromatic heterocycles. The van der Waals surface area contributed by atoms with Crippen LogP contribution in [0.5, 0.6) is 0 Å². The number of amides is 1. The number of rotatable bonds is 4. The maximum absolute atomic E-state index is 14.1. The van der Waals surface area contributed by atoms with Gasteiger partial charge in [0.15, 0.2) is 0 Å². The highest BCUT2D eigenvalue weighted by Gasteiger charge is 2.39. The highest BCUT2D eigenvalue weighted by molar-refractivity contribution is 5.76. The summed E-state index contributed by atoms with van der Waals surface area (Å²) in [6, 6.07) is 7.16. The summed E-state index contributed by atoms with van der Waals surface area (Å²) in [5.41, 5.74) is 1.07. The fraction of sp³-hybridized carbons (Fsp3) is 0.579. The van der Waals surface area contributed by atoms with Gasteiger partial charge in [0.1, 0.15) is 5.82 Å². The average Bonchev–Trinajstić information content (AvgIpc) is 3.24. The molecule has 0 radical (unpaired) electrons. The van der Waals surface area contributed by atoms with Crippen LogP contribution < -0.4 is 0 Å². The van der Waals surface area contributed by atoms with Crippen molar-refractivity contribution in [1.29, 1.82) is 5.26 Å². The van der Waals surface area contributed by atoms with Crippen LogP contribution in [0.25, 0.3) is 0 Å². The lowest BCUT2D eigenvalue weighted by Gasteiger charge is -2.35. The molecule has 0 N–H and O–H groups in total. The summed E-state index contributed by atoms with van der Waals surface area (Å²) in [6.07, 6.45) is 4.77. The molecule has 2 aliphatic heterocycles. The van der Waals surface area contributed by atoms with Gasteiger partial charge in [0.25, 0.3) is 0 Å². The second-order valence-corrected chi connectivity index (χ2v) is 6.75. The molecule has 0 unspecified atom stereocenters. The summed E-state index contributed by atoms with van der Waals surface area (Å²) in [7, 11) is 0. The molecule has 2 aliphatic rings. The molecule has 1 amide bonds. The maximum Gasteiger partial charge on any atom is 0.222 e. The molecule has 0 bridgehead atoms. The first-order chi connectivity index (χ1) is 11.6. The summed E-state index contributed by atoms with van der Waals surface area (Å²) in [5, 5.41) is 9.03. The molecule has 128 valence electrons. The van der Waals surface area contributed by atoms with Crippen LogP contribution in [0.4, 0.5) is 4.39 Å². The second-order valence-electron chi connectivity index (χ2n) is 6.75. The monoisotopic (exact) mass is 329 g/mol. The largest absolute Gasteiger partial charge is 0.338 e. The number of hydrogen-bond acceptors (Lipinski definition) is 3. The normalized spacial score (nSPS) is 24.3. The van der Waals surface area contributed by atoms with E-state index in [2.05, 4.69) is 11.0 Å². The fourth-order valence-corrected chi connectivity index (χ4v) is 4.17. The highest BCUT2D eigenvalue weighted by atomic mass is 19.1. The van der Waals surface area contributed by atoms with Gasteiger partial charge in [-0.05, 0) is 50.4 Å². The van der Waals surface area contributed by atoms with Crippen molar-refractivity contribution >= 4 is 5.91 Å². The number of nitrogens with zero attached hydrogens (tertiary/aromatic N) is 3. The van der Waals surface area contributed by atoms with Crippen molar-refractivity contribution < 1.29 is 9.18 Å². The van der Waals surface area contributed by atoms with Gasteiger partial charge in [0, 0.05) is 37.2 Å². The molecular formula is C19H24FN3O. The molecule has 2 atom stereocenters. The topological polar surface area (TPSA) is 47.3 Å². The van der Waals surface area contributed by atoms with E-state index in [4.69, 9.17) is 5.26 Å². The van der Waals surface area contributed by atoms with E-state index >= 15 is 0 Å². The molecule has 1 aromatic rings. The molecule has 24 heavy (non-hydrogen) atoms. The molecule has 1 aromatic carbocycles. The van der Waals surface area contributed by atoms with Gasteiger partial charge < -0.3 is 4.90 Å². The van der Waals surface area contributed by atoms with Gasteiger partial charge in [-0.25, -0.2) is 4.39 Å². The number of likely N-dealkylation sites (tertiary alicyclic amines) is 2. The van der Waals surface area contributed by atoms with Crippen molar-refractivity contribution in [2.45, 2.75) is 57.7 Å². The number of carbonyl (C=O) groups is 1. The van der Waals surface area contributed by atoms with Gasteiger partial charge in [-0.2, -0.15) is 5.26 Å². The van der Waals surface area contributed by atoms with Gasteiger partial charge in [-0.15, -0.1) is 0 Å². The van der Waals surface area contributed by atoms with E-state index < -0.39 is 0 Å². The van der Waals surface area contributed by atoms with Crippen LogP contribution in [0.1, 0.15) is 50.2 Å². The molecule has 2 fully saturated rings. The molecule has 5 heteroatoms. The van der Waals surface area contributed by atoms with E-state index in [0.717, 1.165) is 38.8 Å². The van der Waals surface area contributed by atoms with Crippen molar-refractivity contribution in [2.24, 2.45) is 0 Å². The number of carbonyl (C=O) groups excluding carboxylic acids is 1. The van der Waals surface area contributed by atoms with Crippen molar-refractivity contribution in [2.75, 3.05) is 13.1 Å². The molecule has 4 nitrogen and oxygen atoms in total. The molecule has 2 heterocycles. The van der Waals surface area contributed by atoms with Gasteiger partial charge in [0.05, 0.1) is 11.6 Å². The minimum Gasteiger partial charge on any atom is -0.338 e. The van der Waals surface area contributed by atoms with Gasteiger partial charge in [-0.3, -0.25) is 9.69 Å². The van der Waals surface area contributed by atoms with Crippen LogP contribution in [0.3, 0.4) is 0 Å². The Labute approximate surface area is 142 Å². The molecule has 2 saturated heterocycles. The van der Waals surface area contributed by atoms with Crippen LogP contribution >= 0.6 is 0 Å². The Morgan fingerprint density at radius 2 is 2.04 bits per heavy atom. The fourth-order valence-electron chi connectivity index (χ4n) is 4.17. The zero-order chi connectivity index (χ0) is 17.1. The molecule has 0 aliphatic carbocycles. The SMILES string of the molecule is CCC(=O)N1CCC[C@H]1[C@H]1CCCN1Cc1cc(C#N)ccc1F. The van der Waals surface area contributed by atoms with Crippen LogP contribution in [-0.2, 0) is 11.3 Å². The van der Waals surface area contributed by atoms with E-state index in [0.29, 0.717) is 30.1 Å². The van der Waals surface area contributed by atoms with E-state index in [-0.39, 0.29) is 17.8 Å². The van der Waals surface area contributed by atoms with E-state index in [1.807, 2.05) is 11.8 Å². The summed E-state index contributed by atoms with van der Waals surface area (Å²) in [5.74, 6) is -0.0328. The smallest absolute Gasteiger partial charge is 0.222 e. The van der Waals surface area contributed by atoms with Crippen molar-refractivity contribution in [3.8, 4) is 6.07 Å². The standard InChI is InChI=1S/C19H24FN3O/c1-2-19(24)23-10-4-6-18(23)17-5-3-9-22(17)13-15-11-14(12-21)7-8-16(15)20/h7-8,11,17-18H,2-6,9-10,13H2,1H3/t17-,18+/m1/s1. The first kappa shape index (κ1) is 16.9. The van der Waals surface area contributed by atoms with Gasteiger partial charge >= 0.3 is 0 Å². The summed E-state index contributed by atoms with van der Waals surface area (Å²) < 4.78 is 14.1. The predicted molar refractivity (Wildman–Crippen MR) is 89.6 cm³/mol. The zero-order valence-electron chi connectivity index (χ0n) is 14.2. The van der Waals surface area contributed by atoms with E-state index in [1.165, 1.54) is 12.1 Å². The third-order valence-corrected chi connectivity index (χ3v) is 5.33. The molecule has 0 saturated carbocycles. The zero-order valence-corrected chi connectivity index (χ0v) is 14.2. The molecule has 3 rings (SSSR count). The predicted octanol–water partition coefficient (Wildman–Crippen LogP) is 3.06. The lowest BCUT2D eigenvalue weighted by molar-refractivity contribution is -0.132. The summed E-state index contributed by atoms with van der Waals surface area (Å²) in [6.45, 7) is 4.19. The Bertz CT molecular complexity index is 655. The third kappa shape index (κ3) is 3.29. The highest BCUT2D eigenvalue weighted by Crippen LogP contribution is 2.31. The first-order valence-corrected chi connectivity index (χ1v) is 8.86. The van der Waals surface area contributed by atoms with Crippen LogP contribution in [0.15, 0.2) is 18.2 Å². The number of halogens is 1. The minimum atomic E-state index is -0.257. The second kappa shape index (κ2) is 7.31. The Morgan fingerprint density at radius 3 is 2.79 bits per heavy atom. The van der Waals surface area contributed by atoms with Crippen LogP contribution in [-0.4, -0.2) is 40.9 Å². The third-order valence-electron chi connectivity index (χ3n) is 5.33. The Balaban J connectivity index is 1.76. The average molecular weight is 329 g/mol. The Morgan fingerprint density at radius 1 is 1.29 bits per heavy atom. The van der Waals surface area contributed by atoms with Crippen LogP contribution in [0.2, 0.25) is 0 Å². The van der Waals surface area contributed by atoms with Gasteiger partial charge in [0.2, 0.25) is 5.91 Å². The first-order valence-electron chi connectivity index (χ1n) is 8.86. The van der Waals surface area contributed by atoms with E-state index in [9.17, 15) is 9.18 Å². The molecular weight excluding hydrogens is 305 g/mol. The number of benzene rings is 1. The van der Waals surface area contributed by atoms with Gasteiger partial charge in [-0.1, -0.05) is 6.92 Å². The summed E-state index contributed by atoms with van der Waals surface area (Å²) in [4.78, 5) is 16.5. The van der Waals surface area contributed by atoms with E-state index in [1.54, 1.807) is 6.07 Å². The van der Waals surface area contributed by atoms with Crippen LogP contribution in [0, 0.1) is 17.1 Å². The number of hydrogen-bond donors (Lipinski definition) is 0. The number of nitriles is 1.